The Bertz CT molecular complexity index is 1050. The number of carbonyl (C=O) groups excluding carboxylic acids is 1. The minimum atomic E-state index is -0.951. The van der Waals surface area contributed by atoms with Crippen molar-refractivity contribution in [3.05, 3.63) is 40.9 Å². The quantitative estimate of drug-likeness (QED) is 0.689. The van der Waals surface area contributed by atoms with Crippen LogP contribution in [0.25, 0.3) is 16.2 Å². The van der Waals surface area contributed by atoms with E-state index in [1.807, 2.05) is 34.4 Å². The van der Waals surface area contributed by atoms with Crippen LogP contribution in [0.4, 0.5) is 5.82 Å². The van der Waals surface area contributed by atoms with Gasteiger partial charge in [-0.05, 0) is 44.0 Å². The number of nitrogens with zero attached hydrogens (tertiary/aromatic N) is 3. The average Bonchev–Trinajstić information content (AvgIpc) is 3.29. The molecule has 0 atom stereocenters. The summed E-state index contributed by atoms with van der Waals surface area (Å²) < 4.78 is 2.02. The largest absolute Gasteiger partial charge is 0.477 e. The van der Waals surface area contributed by atoms with Gasteiger partial charge in [-0.1, -0.05) is 25.3 Å². The van der Waals surface area contributed by atoms with Crippen LogP contribution in [0.3, 0.4) is 0 Å². The molecule has 0 saturated heterocycles. The number of pyridine rings is 1. The number of carbonyl (C=O) groups is 2. The van der Waals surface area contributed by atoms with E-state index < -0.39 is 5.97 Å². The summed E-state index contributed by atoms with van der Waals surface area (Å²) in [6.07, 6.45) is 5.38. The Balaban J connectivity index is 1.95. The molecule has 0 aromatic carbocycles. The van der Waals surface area contributed by atoms with Crippen molar-refractivity contribution >= 4 is 34.7 Å². The van der Waals surface area contributed by atoms with E-state index in [0.717, 1.165) is 47.7 Å². The van der Waals surface area contributed by atoms with Crippen molar-refractivity contribution in [1.82, 2.24) is 9.38 Å². The number of thiophene rings is 1. The predicted octanol–water partition coefficient (Wildman–Crippen LogP) is 4.76. The lowest BCUT2D eigenvalue weighted by Crippen LogP contribution is -2.41. The molecule has 0 bridgehead atoms. The van der Waals surface area contributed by atoms with Gasteiger partial charge in [0.15, 0.2) is 0 Å². The topological polar surface area (TPSA) is 74.9 Å². The maximum Gasteiger partial charge on any atom is 0.345 e. The molecule has 1 amide bonds. The fourth-order valence-corrected chi connectivity index (χ4v) is 4.95. The van der Waals surface area contributed by atoms with E-state index in [-0.39, 0.29) is 16.8 Å². The second-order valence-corrected chi connectivity index (χ2v) is 8.38. The Morgan fingerprint density at radius 2 is 1.93 bits per heavy atom. The first kappa shape index (κ1) is 18.7. The number of imidazole rings is 1. The summed E-state index contributed by atoms with van der Waals surface area (Å²) in [7, 11) is 0. The second kappa shape index (κ2) is 7.39. The van der Waals surface area contributed by atoms with Gasteiger partial charge in [-0.25, -0.2) is 9.78 Å². The Kier molecular flexibility index (Phi) is 4.93. The molecule has 1 aliphatic carbocycles. The molecule has 0 spiro atoms. The lowest BCUT2D eigenvalue weighted by atomic mass is 9.94. The van der Waals surface area contributed by atoms with Gasteiger partial charge in [-0.3, -0.25) is 14.1 Å². The maximum absolute atomic E-state index is 12.8. The van der Waals surface area contributed by atoms with E-state index in [0.29, 0.717) is 5.69 Å². The van der Waals surface area contributed by atoms with Gasteiger partial charge in [0.1, 0.15) is 22.0 Å². The molecule has 146 valence electrons. The number of carboxylic acid groups (broad SMARTS) is 1. The van der Waals surface area contributed by atoms with Crippen molar-refractivity contribution in [1.29, 1.82) is 0 Å². The van der Waals surface area contributed by atoms with Gasteiger partial charge in [0.05, 0.1) is 4.88 Å². The zero-order valence-corrected chi connectivity index (χ0v) is 16.8. The number of carboxylic acids is 1. The second-order valence-electron chi connectivity index (χ2n) is 7.29. The van der Waals surface area contributed by atoms with Gasteiger partial charge < -0.3 is 5.11 Å². The highest BCUT2D eigenvalue weighted by Crippen LogP contribution is 2.39. The van der Waals surface area contributed by atoms with Crippen molar-refractivity contribution in [3.63, 3.8) is 0 Å². The van der Waals surface area contributed by atoms with Crippen LogP contribution in [0.1, 0.15) is 54.4 Å². The van der Waals surface area contributed by atoms with Crippen LogP contribution in [0.5, 0.6) is 0 Å². The molecule has 1 aliphatic rings. The molecule has 28 heavy (non-hydrogen) atoms. The number of fused-ring (bicyclic) bond motifs is 1. The minimum absolute atomic E-state index is 0.00628. The van der Waals surface area contributed by atoms with Crippen molar-refractivity contribution in [2.45, 2.75) is 52.0 Å². The fraction of sp³-hybridized carbons (Fsp3) is 0.381. The lowest BCUT2D eigenvalue weighted by Gasteiger charge is -2.34. The average molecular weight is 398 g/mol. The minimum Gasteiger partial charge on any atom is -0.477 e. The molecule has 0 unspecified atom stereocenters. The van der Waals surface area contributed by atoms with Gasteiger partial charge in [-0.15, -0.1) is 11.3 Å². The first-order valence-electron chi connectivity index (χ1n) is 9.58. The number of aromatic nitrogens is 2. The Morgan fingerprint density at radius 3 is 2.57 bits per heavy atom. The van der Waals surface area contributed by atoms with Crippen molar-refractivity contribution in [2.24, 2.45) is 0 Å². The van der Waals surface area contributed by atoms with Gasteiger partial charge in [-0.2, -0.15) is 0 Å². The summed E-state index contributed by atoms with van der Waals surface area (Å²) in [6, 6.07) is 9.39. The summed E-state index contributed by atoms with van der Waals surface area (Å²) in [5.41, 5.74) is 2.42. The molecule has 6 nitrogen and oxygen atoms in total. The van der Waals surface area contributed by atoms with Crippen LogP contribution >= 0.6 is 11.3 Å². The highest BCUT2D eigenvalue weighted by molar-refractivity contribution is 7.17. The zero-order valence-electron chi connectivity index (χ0n) is 16.0. The molecular weight excluding hydrogens is 374 g/mol. The van der Waals surface area contributed by atoms with Crippen LogP contribution in [0.2, 0.25) is 0 Å². The summed E-state index contributed by atoms with van der Waals surface area (Å²) in [5, 5.41) is 9.32. The number of amides is 1. The summed E-state index contributed by atoms with van der Waals surface area (Å²) >= 11 is 1.19. The highest BCUT2D eigenvalue weighted by atomic mass is 32.1. The molecule has 3 aromatic heterocycles. The zero-order chi connectivity index (χ0) is 19.8. The van der Waals surface area contributed by atoms with Crippen LogP contribution in [-0.4, -0.2) is 32.4 Å². The van der Waals surface area contributed by atoms with Crippen LogP contribution < -0.4 is 4.90 Å². The van der Waals surface area contributed by atoms with Crippen molar-refractivity contribution in [3.8, 4) is 10.6 Å². The lowest BCUT2D eigenvalue weighted by molar-refractivity contribution is -0.117. The number of aryl methyl sites for hydroxylation is 1. The van der Waals surface area contributed by atoms with Gasteiger partial charge in [0.25, 0.3) is 0 Å². The van der Waals surface area contributed by atoms with E-state index >= 15 is 0 Å². The number of hydrogen-bond donors (Lipinski definition) is 1. The summed E-state index contributed by atoms with van der Waals surface area (Å²) in [6.45, 7) is 3.60. The van der Waals surface area contributed by atoms with E-state index in [4.69, 9.17) is 4.98 Å². The molecule has 1 saturated carbocycles. The van der Waals surface area contributed by atoms with Gasteiger partial charge in [0, 0.05) is 18.7 Å². The van der Waals surface area contributed by atoms with Gasteiger partial charge in [0.2, 0.25) is 5.91 Å². The van der Waals surface area contributed by atoms with Gasteiger partial charge >= 0.3 is 5.97 Å². The molecule has 1 N–H and O–H groups in total. The number of aromatic carboxylic acids is 1. The molecule has 3 heterocycles. The number of hydrogen-bond acceptors (Lipinski definition) is 4. The molecule has 7 heteroatoms. The van der Waals surface area contributed by atoms with Crippen molar-refractivity contribution in [2.75, 3.05) is 4.90 Å². The third kappa shape index (κ3) is 3.20. The first-order chi connectivity index (χ1) is 13.5. The molecule has 4 rings (SSSR count). The normalized spacial score (nSPS) is 15.1. The maximum atomic E-state index is 12.8. The fourth-order valence-electron chi connectivity index (χ4n) is 4.12. The van der Waals surface area contributed by atoms with E-state index in [1.165, 1.54) is 17.8 Å². The molecule has 0 radical (unpaired) electrons. The van der Waals surface area contributed by atoms with Crippen LogP contribution in [-0.2, 0) is 4.79 Å². The third-order valence-electron chi connectivity index (χ3n) is 5.37. The molecular formula is C21H23N3O3S. The Hall–Kier alpha value is -2.67. The van der Waals surface area contributed by atoms with E-state index in [1.54, 1.807) is 19.1 Å². The smallest absolute Gasteiger partial charge is 0.345 e. The number of anilines is 1. The van der Waals surface area contributed by atoms with Crippen LogP contribution in [0, 0.1) is 6.92 Å². The van der Waals surface area contributed by atoms with E-state index in [9.17, 15) is 14.7 Å². The van der Waals surface area contributed by atoms with Crippen LogP contribution in [0.15, 0.2) is 30.3 Å². The Labute approximate surface area is 167 Å². The molecule has 3 aromatic rings. The monoisotopic (exact) mass is 397 g/mol. The SMILES string of the molecule is CC(=O)N(c1c(-c2ccc(C(=O)O)s2)nc2cccc(C)n12)C1CCCCC1. The molecule has 1 fully saturated rings. The summed E-state index contributed by atoms with van der Waals surface area (Å²) in [4.78, 5) is 31.9. The Morgan fingerprint density at radius 1 is 1.18 bits per heavy atom. The van der Waals surface area contributed by atoms with E-state index in [2.05, 4.69) is 0 Å². The summed E-state index contributed by atoms with van der Waals surface area (Å²) in [5.74, 6) is -0.201. The highest BCUT2D eigenvalue weighted by Gasteiger charge is 2.31. The number of rotatable bonds is 4. The predicted molar refractivity (Wildman–Crippen MR) is 110 cm³/mol. The molecule has 0 aliphatic heterocycles. The first-order valence-corrected chi connectivity index (χ1v) is 10.4. The van der Waals surface area contributed by atoms with Crippen molar-refractivity contribution < 1.29 is 14.7 Å². The third-order valence-corrected chi connectivity index (χ3v) is 6.45. The standard InChI is InChI=1S/C21H23N3O3S/c1-13-7-6-10-18-22-19(16-11-12-17(28-16)21(26)27)20(23(13)18)24(14(2)25)15-8-4-3-5-9-15/h6-7,10-12,15H,3-5,8-9H2,1-2H3,(H,26,27).